The van der Waals surface area contributed by atoms with E-state index in [0.717, 1.165) is 12.1 Å². The third kappa shape index (κ3) is 4.50. The van der Waals surface area contributed by atoms with Gasteiger partial charge in [-0.1, -0.05) is 39.3 Å². The van der Waals surface area contributed by atoms with Crippen LogP contribution >= 0.6 is 11.6 Å². The van der Waals surface area contributed by atoms with E-state index in [1.54, 1.807) is 6.07 Å². The maximum absolute atomic E-state index is 12.3. The van der Waals surface area contributed by atoms with Crippen molar-refractivity contribution in [2.24, 2.45) is 0 Å². The van der Waals surface area contributed by atoms with Crippen molar-refractivity contribution >= 4 is 17.5 Å². The van der Waals surface area contributed by atoms with E-state index < -0.39 is 0 Å². The predicted molar refractivity (Wildman–Crippen MR) is 79.8 cm³/mol. The van der Waals surface area contributed by atoms with Crippen LogP contribution in [0.4, 0.5) is 0 Å². The summed E-state index contributed by atoms with van der Waals surface area (Å²) in [6.07, 6.45) is 0.865. The van der Waals surface area contributed by atoms with Gasteiger partial charge >= 0.3 is 0 Å². The van der Waals surface area contributed by atoms with Crippen LogP contribution in [0.1, 0.15) is 64.0 Å². The molecule has 0 saturated carbocycles. The van der Waals surface area contributed by atoms with Gasteiger partial charge in [-0.2, -0.15) is 0 Å². The second-order valence-electron chi connectivity index (χ2n) is 6.51. The van der Waals surface area contributed by atoms with Gasteiger partial charge in [-0.05, 0) is 32.4 Å². The molecular weight excluding hydrogens is 260 g/mol. The Bertz CT molecular complexity index is 476. The van der Waals surface area contributed by atoms with E-state index in [-0.39, 0.29) is 16.9 Å². The maximum atomic E-state index is 12.3. The van der Waals surface area contributed by atoms with E-state index in [9.17, 15) is 4.79 Å². The molecule has 0 aromatic carbocycles. The summed E-state index contributed by atoms with van der Waals surface area (Å²) in [7, 11) is 0. The van der Waals surface area contributed by atoms with Crippen molar-refractivity contribution in [3.63, 3.8) is 0 Å². The Morgan fingerprint density at radius 3 is 2.32 bits per heavy atom. The maximum Gasteiger partial charge on any atom is 0.251 e. The number of hydrogen-bond donors (Lipinski definition) is 1. The highest BCUT2D eigenvalue weighted by Crippen LogP contribution is 2.23. The van der Waals surface area contributed by atoms with Crippen LogP contribution in [-0.2, 0) is 5.41 Å². The highest BCUT2D eigenvalue weighted by atomic mass is 35.5. The van der Waals surface area contributed by atoms with Crippen molar-refractivity contribution in [1.82, 2.24) is 10.3 Å². The standard InChI is InChI=1S/C15H23ClN2O/c1-7-15(5,6)18-13(19)10-8-11(14(2,3)4)17-12(16)9-10/h8-9H,7H2,1-6H3,(H,18,19). The summed E-state index contributed by atoms with van der Waals surface area (Å²) in [5.74, 6) is -0.110. The summed E-state index contributed by atoms with van der Waals surface area (Å²) >= 11 is 6.01. The molecule has 0 fully saturated rings. The minimum Gasteiger partial charge on any atom is -0.347 e. The summed E-state index contributed by atoms with van der Waals surface area (Å²) in [5, 5.41) is 3.36. The van der Waals surface area contributed by atoms with Crippen LogP contribution in [0.25, 0.3) is 0 Å². The largest absolute Gasteiger partial charge is 0.347 e. The van der Waals surface area contributed by atoms with Crippen molar-refractivity contribution in [2.45, 2.75) is 58.9 Å². The van der Waals surface area contributed by atoms with E-state index in [1.807, 2.05) is 47.6 Å². The van der Waals surface area contributed by atoms with Crippen LogP contribution in [0.5, 0.6) is 0 Å². The Hall–Kier alpha value is -1.09. The van der Waals surface area contributed by atoms with Gasteiger partial charge in [0.15, 0.2) is 0 Å². The molecule has 0 radical (unpaired) electrons. The van der Waals surface area contributed by atoms with Gasteiger partial charge in [0, 0.05) is 22.2 Å². The van der Waals surface area contributed by atoms with Crippen molar-refractivity contribution in [1.29, 1.82) is 0 Å². The molecule has 4 heteroatoms. The number of carbonyl (C=O) groups excluding carboxylic acids is 1. The van der Waals surface area contributed by atoms with Crippen LogP contribution < -0.4 is 5.32 Å². The van der Waals surface area contributed by atoms with Gasteiger partial charge in [0.1, 0.15) is 5.15 Å². The van der Waals surface area contributed by atoms with E-state index in [0.29, 0.717) is 10.7 Å². The zero-order chi connectivity index (χ0) is 14.8. The fraction of sp³-hybridized carbons (Fsp3) is 0.600. The first-order valence-electron chi connectivity index (χ1n) is 6.56. The van der Waals surface area contributed by atoms with E-state index >= 15 is 0 Å². The fourth-order valence-corrected chi connectivity index (χ4v) is 1.69. The normalized spacial score (nSPS) is 12.4. The zero-order valence-electron chi connectivity index (χ0n) is 12.6. The first-order chi connectivity index (χ1) is 8.55. The molecule has 106 valence electrons. The smallest absolute Gasteiger partial charge is 0.251 e. The second kappa shape index (κ2) is 5.49. The van der Waals surface area contributed by atoms with Crippen molar-refractivity contribution < 1.29 is 4.79 Å². The lowest BCUT2D eigenvalue weighted by Crippen LogP contribution is -2.42. The Balaban J connectivity index is 3.08. The molecule has 1 aromatic heterocycles. The number of rotatable bonds is 3. The van der Waals surface area contributed by atoms with Crippen LogP contribution in [-0.4, -0.2) is 16.4 Å². The molecule has 19 heavy (non-hydrogen) atoms. The minimum absolute atomic E-state index is 0.110. The molecule has 0 aliphatic rings. The van der Waals surface area contributed by atoms with Gasteiger partial charge in [-0.15, -0.1) is 0 Å². The van der Waals surface area contributed by atoms with Crippen molar-refractivity contribution in [3.05, 3.63) is 28.5 Å². The minimum atomic E-state index is -0.227. The Morgan fingerprint density at radius 1 is 1.26 bits per heavy atom. The Kier molecular flexibility index (Phi) is 4.62. The van der Waals surface area contributed by atoms with Crippen LogP contribution in [0.15, 0.2) is 12.1 Å². The number of carbonyl (C=O) groups is 1. The molecule has 0 aliphatic carbocycles. The number of aromatic nitrogens is 1. The van der Waals surface area contributed by atoms with Crippen molar-refractivity contribution in [2.75, 3.05) is 0 Å². The summed E-state index contributed by atoms with van der Waals surface area (Å²) in [4.78, 5) is 16.5. The predicted octanol–water partition coefficient (Wildman–Crippen LogP) is 3.95. The number of amides is 1. The van der Waals surface area contributed by atoms with Gasteiger partial charge in [-0.25, -0.2) is 4.98 Å². The number of pyridine rings is 1. The molecule has 0 aliphatic heterocycles. The average Bonchev–Trinajstić information content (AvgIpc) is 2.26. The summed E-state index contributed by atoms with van der Waals surface area (Å²) in [6, 6.07) is 3.42. The molecule has 0 unspecified atom stereocenters. The topological polar surface area (TPSA) is 42.0 Å². The number of halogens is 1. The molecule has 3 nitrogen and oxygen atoms in total. The van der Waals surface area contributed by atoms with Gasteiger partial charge in [0.2, 0.25) is 0 Å². The van der Waals surface area contributed by atoms with E-state index in [2.05, 4.69) is 10.3 Å². The third-order valence-corrected chi connectivity index (χ3v) is 3.35. The molecule has 0 saturated heterocycles. The van der Waals surface area contributed by atoms with Gasteiger partial charge in [0.05, 0.1) is 0 Å². The summed E-state index contributed by atoms with van der Waals surface area (Å²) in [5.41, 5.74) is 1.01. The molecule has 1 aromatic rings. The van der Waals surface area contributed by atoms with E-state index in [1.165, 1.54) is 0 Å². The fourth-order valence-electron chi connectivity index (χ4n) is 1.48. The van der Waals surface area contributed by atoms with Crippen molar-refractivity contribution in [3.8, 4) is 0 Å². The van der Waals surface area contributed by atoms with E-state index in [4.69, 9.17) is 11.6 Å². The summed E-state index contributed by atoms with van der Waals surface area (Å²) in [6.45, 7) is 12.2. The second-order valence-corrected chi connectivity index (χ2v) is 6.89. The lowest BCUT2D eigenvalue weighted by molar-refractivity contribution is 0.0911. The molecule has 0 atom stereocenters. The lowest BCUT2D eigenvalue weighted by Gasteiger charge is -2.25. The highest BCUT2D eigenvalue weighted by molar-refractivity contribution is 6.29. The molecule has 0 bridgehead atoms. The van der Waals surface area contributed by atoms with Crippen LogP contribution in [0, 0.1) is 0 Å². The number of nitrogens with zero attached hydrogens (tertiary/aromatic N) is 1. The highest BCUT2D eigenvalue weighted by Gasteiger charge is 2.22. The first kappa shape index (κ1) is 16.0. The summed E-state index contributed by atoms with van der Waals surface area (Å²) < 4.78 is 0. The third-order valence-electron chi connectivity index (χ3n) is 3.16. The molecule has 0 spiro atoms. The monoisotopic (exact) mass is 282 g/mol. The molecule has 1 heterocycles. The molecular formula is C15H23ClN2O. The number of hydrogen-bond acceptors (Lipinski definition) is 2. The average molecular weight is 283 g/mol. The molecule has 1 rings (SSSR count). The van der Waals surface area contributed by atoms with Crippen LogP contribution in [0.3, 0.4) is 0 Å². The quantitative estimate of drug-likeness (QED) is 0.853. The zero-order valence-corrected chi connectivity index (χ0v) is 13.4. The lowest BCUT2D eigenvalue weighted by atomic mass is 9.90. The Morgan fingerprint density at radius 2 is 1.84 bits per heavy atom. The molecule has 1 amide bonds. The Labute approximate surface area is 120 Å². The van der Waals surface area contributed by atoms with Crippen LogP contribution in [0.2, 0.25) is 5.15 Å². The number of nitrogens with one attached hydrogen (secondary N) is 1. The van der Waals surface area contributed by atoms with Gasteiger partial charge in [-0.3, -0.25) is 4.79 Å². The SMILES string of the molecule is CCC(C)(C)NC(=O)c1cc(Cl)nc(C(C)(C)C)c1. The first-order valence-corrected chi connectivity index (χ1v) is 6.93. The molecule has 1 N–H and O–H groups in total. The van der Waals surface area contributed by atoms with Gasteiger partial charge in [0.25, 0.3) is 5.91 Å². The van der Waals surface area contributed by atoms with Gasteiger partial charge < -0.3 is 5.32 Å².